The number of fused-ring (bicyclic) bond motifs is 6. The first-order valence-electron chi connectivity index (χ1n) is 22.4. The van der Waals surface area contributed by atoms with Gasteiger partial charge in [0.2, 0.25) is 0 Å². The van der Waals surface area contributed by atoms with Crippen molar-refractivity contribution in [3.8, 4) is 45.3 Å². The molecule has 4 nitrogen and oxygen atoms in total. The first kappa shape index (κ1) is 45.0. The van der Waals surface area contributed by atoms with E-state index in [-0.39, 0.29) is 18.9 Å². The molecule has 0 saturated carbocycles. The molecule has 2 aliphatic carbocycles. The molecule has 0 unspecified atom stereocenters. The van der Waals surface area contributed by atoms with E-state index in [1.807, 2.05) is 38.1 Å². The fourth-order valence-corrected chi connectivity index (χ4v) is 9.66. The normalized spacial score (nSPS) is 12.9. The fourth-order valence-electron chi connectivity index (χ4n) is 9.66. The lowest BCUT2D eigenvalue weighted by molar-refractivity contribution is 0.266. The average Bonchev–Trinajstić information content (AvgIpc) is 3.81. The lowest BCUT2D eigenvalue weighted by Crippen LogP contribution is -2.28. The molecule has 64 heavy (non-hydrogen) atoms. The van der Waals surface area contributed by atoms with Gasteiger partial charge in [0, 0.05) is 0 Å². The zero-order valence-corrected chi connectivity index (χ0v) is 36.7. The minimum Gasteiger partial charge on any atom is -0.508 e. The van der Waals surface area contributed by atoms with Crippen LogP contribution >= 0.6 is 0 Å². The van der Waals surface area contributed by atoms with Crippen LogP contribution < -0.4 is 9.47 Å². The van der Waals surface area contributed by atoms with Gasteiger partial charge in [0.25, 0.3) is 0 Å². The van der Waals surface area contributed by atoms with E-state index in [9.17, 15) is 10.2 Å². The highest BCUT2D eigenvalue weighted by Gasteiger charge is 2.47. The molecule has 0 aromatic heterocycles. The smallest absolute Gasteiger partial charge is 0.119 e. The maximum Gasteiger partial charge on any atom is 0.119 e. The highest BCUT2D eigenvalue weighted by Crippen LogP contribution is 2.57. The Labute approximate surface area is 380 Å². The van der Waals surface area contributed by atoms with Gasteiger partial charge in [0.1, 0.15) is 23.0 Å². The molecular formula is C60H60O4. The number of hydrogen-bond donors (Lipinski definition) is 2. The zero-order valence-electron chi connectivity index (χ0n) is 36.7. The van der Waals surface area contributed by atoms with Crippen molar-refractivity contribution in [3.05, 3.63) is 239 Å². The summed E-state index contributed by atoms with van der Waals surface area (Å²) in [5, 5.41) is 20.4. The van der Waals surface area contributed by atoms with Crippen LogP contribution in [0.25, 0.3) is 22.3 Å². The van der Waals surface area contributed by atoms with E-state index in [4.69, 9.17) is 9.47 Å². The third-order valence-corrected chi connectivity index (χ3v) is 12.2. The Hall–Kier alpha value is -7.04. The van der Waals surface area contributed by atoms with Gasteiger partial charge in [-0.2, -0.15) is 0 Å². The predicted octanol–water partition coefficient (Wildman–Crippen LogP) is 15.1. The number of hydrogen-bond acceptors (Lipinski definition) is 4. The van der Waals surface area contributed by atoms with E-state index in [2.05, 4.69) is 159 Å². The van der Waals surface area contributed by atoms with Crippen molar-refractivity contribution in [3.63, 3.8) is 0 Å². The lowest BCUT2D eigenvalue weighted by Gasteiger charge is -2.34. The van der Waals surface area contributed by atoms with Crippen LogP contribution in [0.2, 0.25) is 0 Å². The van der Waals surface area contributed by atoms with E-state index in [0.717, 1.165) is 46.6 Å². The summed E-state index contributed by atoms with van der Waals surface area (Å²) in [6, 6.07) is 66.9. The Morgan fingerprint density at radius 3 is 0.859 bits per heavy atom. The second-order valence-corrected chi connectivity index (χ2v) is 15.9. The standard InChI is InChI=1S/C54H42O4.C3H8.C2H6.CH4/c55-41-27-19-37(20-28-41)53(49-15-5-1-11-45(49)46-12-2-6-16-50(46)53)39-23-31-43(32-24-39)57-35-9-10-36-58-44-33-25-40(26-34-44)54(38-21-29-42(56)30-22-38)51-17-7-3-13-47(51)48-14-4-8-18-52(48)54;1-3-2;1-2;/h1-8,11-34,55-56H,9-10,35-36H2;3H2,1-2H3;1-2H3;1H4. The van der Waals surface area contributed by atoms with Crippen LogP contribution in [0.5, 0.6) is 23.0 Å². The van der Waals surface area contributed by atoms with Crippen LogP contribution in [0.3, 0.4) is 0 Å². The molecule has 0 radical (unpaired) electrons. The van der Waals surface area contributed by atoms with Crippen LogP contribution in [0.4, 0.5) is 0 Å². The lowest BCUT2D eigenvalue weighted by atomic mass is 9.68. The van der Waals surface area contributed by atoms with E-state index in [1.54, 1.807) is 24.3 Å². The molecule has 2 aliphatic rings. The maximum absolute atomic E-state index is 10.2. The molecule has 0 spiro atoms. The van der Waals surface area contributed by atoms with E-state index < -0.39 is 10.8 Å². The van der Waals surface area contributed by atoms with Crippen molar-refractivity contribution in [2.24, 2.45) is 0 Å². The third kappa shape index (κ3) is 7.94. The van der Waals surface area contributed by atoms with Crippen LogP contribution in [0, 0.1) is 0 Å². The number of rotatable bonds is 11. The van der Waals surface area contributed by atoms with Crippen molar-refractivity contribution in [2.75, 3.05) is 13.2 Å². The van der Waals surface area contributed by atoms with Gasteiger partial charge in [-0.15, -0.1) is 0 Å². The number of benzene rings is 8. The summed E-state index contributed by atoms with van der Waals surface area (Å²) >= 11 is 0. The molecule has 0 fully saturated rings. The Bertz CT molecular complexity index is 2470. The summed E-state index contributed by atoms with van der Waals surface area (Å²) in [5.41, 5.74) is 13.3. The summed E-state index contributed by atoms with van der Waals surface area (Å²) in [6.07, 6.45) is 2.96. The Morgan fingerprint density at radius 2 is 0.594 bits per heavy atom. The second-order valence-electron chi connectivity index (χ2n) is 15.9. The number of unbranched alkanes of at least 4 members (excludes halogenated alkanes) is 1. The molecule has 8 aromatic carbocycles. The van der Waals surface area contributed by atoms with Gasteiger partial charge >= 0.3 is 0 Å². The highest BCUT2D eigenvalue weighted by atomic mass is 16.5. The fraction of sp³-hybridized carbons (Fsp3) is 0.200. The molecule has 10 rings (SSSR count). The van der Waals surface area contributed by atoms with Gasteiger partial charge in [-0.1, -0.05) is 187 Å². The molecule has 0 atom stereocenters. The summed E-state index contributed by atoms with van der Waals surface area (Å²) in [7, 11) is 0. The first-order valence-corrected chi connectivity index (χ1v) is 22.4. The van der Waals surface area contributed by atoms with Crippen molar-refractivity contribution in [2.45, 2.75) is 65.2 Å². The molecule has 0 bridgehead atoms. The van der Waals surface area contributed by atoms with Crippen LogP contribution in [-0.4, -0.2) is 23.4 Å². The number of aromatic hydroxyl groups is 2. The van der Waals surface area contributed by atoms with E-state index in [0.29, 0.717) is 13.2 Å². The molecule has 4 heteroatoms. The van der Waals surface area contributed by atoms with Gasteiger partial charge in [0.05, 0.1) is 24.0 Å². The summed E-state index contributed by atoms with van der Waals surface area (Å²) < 4.78 is 12.5. The predicted molar refractivity (Wildman–Crippen MR) is 265 cm³/mol. The topological polar surface area (TPSA) is 58.9 Å². The second kappa shape index (κ2) is 20.0. The minimum atomic E-state index is -0.521. The number of phenolic OH excluding ortho intramolecular Hbond substituents is 2. The first-order chi connectivity index (χ1) is 31.0. The summed E-state index contributed by atoms with van der Waals surface area (Å²) in [4.78, 5) is 0. The molecule has 0 amide bonds. The maximum atomic E-state index is 10.2. The summed E-state index contributed by atoms with van der Waals surface area (Å²) in [6.45, 7) is 9.43. The molecule has 0 heterocycles. The molecule has 2 N–H and O–H groups in total. The Balaban J connectivity index is 0.000000981. The molecule has 324 valence electrons. The molecular weight excluding hydrogens is 785 g/mol. The SMILES string of the molecule is C.CC.CCC.Oc1ccc(C2(c3ccc(OCCCCOc4ccc(C5(c6ccc(O)cc6)c6ccccc6-c6ccccc65)cc4)cc3)c3ccccc3-c3ccccc32)cc1. The van der Waals surface area contributed by atoms with Gasteiger partial charge in [-0.25, -0.2) is 0 Å². The van der Waals surface area contributed by atoms with Crippen molar-refractivity contribution < 1.29 is 19.7 Å². The minimum absolute atomic E-state index is 0. The Morgan fingerprint density at radius 1 is 0.359 bits per heavy atom. The van der Waals surface area contributed by atoms with Gasteiger partial charge < -0.3 is 19.7 Å². The average molecular weight is 845 g/mol. The van der Waals surface area contributed by atoms with Gasteiger partial charge in [0.15, 0.2) is 0 Å². The van der Waals surface area contributed by atoms with E-state index in [1.165, 1.54) is 50.9 Å². The molecule has 8 aromatic rings. The molecule has 0 saturated heterocycles. The molecule has 0 aliphatic heterocycles. The quantitative estimate of drug-likeness (QED) is 0.127. The van der Waals surface area contributed by atoms with Crippen LogP contribution in [0.1, 0.15) is 98.9 Å². The Kier molecular flexibility index (Phi) is 14.1. The highest BCUT2D eigenvalue weighted by molar-refractivity contribution is 5.87. The van der Waals surface area contributed by atoms with Gasteiger partial charge in [-0.3, -0.25) is 0 Å². The van der Waals surface area contributed by atoms with E-state index >= 15 is 0 Å². The van der Waals surface area contributed by atoms with Crippen LogP contribution in [0.15, 0.2) is 194 Å². The number of ether oxygens (including phenoxy) is 2. The van der Waals surface area contributed by atoms with Gasteiger partial charge in [-0.05, 0) is 128 Å². The summed E-state index contributed by atoms with van der Waals surface area (Å²) in [5.74, 6) is 2.17. The third-order valence-electron chi connectivity index (χ3n) is 12.2. The van der Waals surface area contributed by atoms with Crippen molar-refractivity contribution in [1.29, 1.82) is 0 Å². The van der Waals surface area contributed by atoms with Crippen molar-refractivity contribution >= 4 is 0 Å². The monoisotopic (exact) mass is 844 g/mol. The largest absolute Gasteiger partial charge is 0.508 e. The number of phenols is 2. The van der Waals surface area contributed by atoms with Crippen molar-refractivity contribution in [1.82, 2.24) is 0 Å². The zero-order chi connectivity index (χ0) is 43.8. The van der Waals surface area contributed by atoms with Crippen LogP contribution in [-0.2, 0) is 10.8 Å².